The molecule has 0 radical (unpaired) electrons. The number of H-pyrrole nitrogens is 1. The summed E-state index contributed by atoms with van der Waals surface area (Å²) in [5.74, 6) is 0.607. The Labute approximate surface area is 143 Å². The van der Waals surface area contributed by atoms with Gasteiger partial charge in [0.25, 0.3) is 5.56 Å². The van der Waals surface area contributed by atoms with Crippen molar-refractivity contribution in [1.29, 1.82) is 0 Å². The van der Waals surface area contributed by atoms with E-state index < -0.39 is 29.7 Å². The van der Waals surface area contributed by atoms with Gasteiger partial charge in [0.15, 0.2) is 0 Å². The van der Waals surface area contributed by atoms with E-state index in [-0.39, 0.29) is 25.2 Å². The van der Waals surface area contributed by atoms with Gasteiger partial charge in [-0.2, -0.15) is 0 Å². The number of hydrogen-bond donors (Lipinski definition) is 3. The molecule has 3 N–H and O–H groups in total. The van der Waals surface area contributed by atoms with Crippen molar-refractivity contribution in [2.75, 3.05) is 6.61 Å². The van der Waals surface area contributed by atoms with Crippen LogP contribution in [0.5, 0.6) is 5.75 Å². The Morgan fingerprint density at radius 2 is 2.04 bits per heavy atom. The van der Waals surface area contributed by atoms with E-state index in [0.717, 1.165) is 5.56 Å². The van der Waals surface area contributed by atoms with Gasteiger partial charge in [0, 0.05) is 12.6 Å². The van der Waals surface area contributed by atoms with E-state index in [1.54, 1.807) is 12.1 Å². The number of aliphatic hydroxyl groups is 2. The van der Waals surface area contributed by atoms with Crippen LogP contribution in [0.3, 0.4) is 0 Å². The summed E-state index contributed by atoms with van der Waals surface area (Å²) in [5.41, 5.74) is 0.172. The average molecular weight is 348 g/mol. The Balaban J connectivity index is 1.80. The van der Waals surface area contributed by atoms with Gasteiger partial charge in [0.05, 0.1) is 18.3 Å². The molecule has 0 bridgehead atoms. The third-order valence-electron chi connectivity index (χ3n) is 4.15. The summed E-state index contributed by atoms with van der Waals surface area (Å²) < 4.78 is 12.2. The molecule has 0 aliphatic carbocycles. The van der Waals surface area contributed by atoms with Crippen LogP contribution in [-0.2, 0) is 11.3 Å². The number of aromatic amines is 1. The standard InChI is InChI=1S/C17H20N2O6/c1-10-2-4-12(5-3-10)24-9-11-7-19(17(23)18-16(11)22)15-6-13(21)14(8-20)25-15/h2-5,7,13-15,20-21H,6,8-9H2,1H3,(H,18,22,23)/t13-,14+,15+/m0/s1. The topological polar surface area (TPSA) is 114 Å². The van der Waals surface area contributed by atoms with Gasteiger partial charge in [0.2, 0.25) is 0 Å². The zero-order valence-electron chi connectivity index (χ0n) is 13.7. The zero-order chi connectivity index (χ0) is 18.0. The Hall–Kier alpha value is -2.42. The normalized spacial score (nSPS) is 22.9. The van der Waals surface area contributed by atoms with Crippen LogP contribution in [0.25, 0.3) is 0 Å². The highest BCUT2D eigenvalue weighted by Crippen LogP contribution is 2.27. The lowest BCUT2D eigenvalue weighted by molar-refractivity contribution is -0.0460. The van der Waals surface area contributed by atoms with Crippen molar-refractivity contribution in [2.24, 2.45) is 0 Å². The molecule has 2 heterocycles. The monoisotopic (exact) mass is 348 g/mol. The number of aromatic nitrogens is 2. The van der Waals surface area contributed by atoms with Crippen molar-refractivity contribution in [1.82, 2.24) is 9.55 Å². The first-order valence-corrected chi connectivity index (χ1v) is 7.96. The molecule has 1 aliphatic rings. The molecule has 1 aliphatic heterocycles. The molecule has 0 amide bonds. The number of aryl methyl sites for hydroxylation is 1. The van der Waals surface area contributed by atoms with Gasteiger partial charge in [-0.1, -0.05) is 17.7 Å². The molecule has 25 heavy (non-hydrogen) atoms. The summed E-state index contributed by atoms with van der Waals surface area (Å²) in [7, 11) is 0. The molecule has 3 rings (SSSR count). The second kappa shape index (κ2) is 7.22. The smallest absolute Gasteiger partial charge is 0.330 e. The number of nitrogens with one attached hydrogen (secondary N) is 1. The first kappa shape index (κ1) is 17.4. The lowest BCUT2D eigenvalue weighted by Gasteiger charge is -2.15. The highest BCUT2D eigenvalue weighted by Gasteiger charge is 2.35. The minimum Gasteiger partial charge on any atom is -0.489 e. The van der Waals surface area contributed by atoms with Crippen LogP contribution < -0.4 is 16.0 Å². The Morgan fingerprint density at radius 3 is 2.68 bits per heavy atom. The summed E-state index contributed by atoms with van der Waals surface area (Å²) in [6.45, 7) is 1.59. The van der Waals surface area contributed by atoms with E-state index in [9.17, 15) is 14.7 Å². The molecular weight excluding hydrogens is 328 g/mol. The maximum atomic E-state index is 12.0. The third-order valence-corrected chi connectivity index (χ3v) is 4.15. The van der Waals surface area contributed by atoms with Gasteiger partial charge >= 0.3 is 5.69 Å². The number of benzene rings is 1. The molecule has 1 fully saturated rings. The first-order chi connectivity index (χ1) is 12.0. The third kappa shape index (κ3) is 3.81. The number of nitrogens with zero attached hydrogens (tertiary/aromatic N) is 1. The van der Waals surface area contributed by atoms with E-state index >= 15 is 0 Å². The van der Waals surface area contributed by atoms with Crippen LogP contribution in [0.2, 0.25) is 0 Å². The van der Waals surface area contributed by atoms with E-state index in [4.69, 9.17) is 14.6 Å². The summed E-state index contributed by atoms with van der Waals surface area (Å²) in [6.07, 6.45) is -0.867. The average Bonchev–Trinajstić information content (AvgIpc) is 2.96. The van der Waals surface area contributed by atoms with Gasteiger partial charge < -0.3 is 19.7 Å². The van der Waals surface area contributed by atoms with Crippen LogP contribution in [0.15, 0.2) is 40.1 Å². The highest BCUT2D eigenvalue weighted by molar-refractivity contribution is 5.26. The van der Waals surface area contributed by atoms with Crippen LogP contribution >= 0.6 is 0 Å². The molecule has 1 aromatic heterocycles. The van der Waals surface area contributed by atoms with E-state index in [2.05, 4.69) is 4.98 Å². The molecule has 1 aromatic carbocycles. The fraction of sp³-hybridized carbons (Fsp3) is 0.412. The zero-order valence-corrected chi connectivity index (χ0v) is 13.7. The van der Waals surface area contributed by atoms with Crippen molar-refractivity contribution in [2.45, 2.75) is 38.4 Å². The van der Waals surface area contributed by atoms with Crippen molar-refractivity contribution >= 4 is 0 Å². The van der Waals surface area contributed by atoms with Crippen molar-refractivity contribution in [3.8, 4) is 5.75 Å². The maximum absolute atomic E-state index is 12.0. The molecule has 0 unspecified atom stereocenters. The minimum atomic E-state index is -0.874. The van der Waals surface area contributed by atoms with E-state index in [1.165, 1.54) is 10.8 Å². The fourth-order valence-electron chi connectivity index (χ4n) is 2.69. The van der Waals surface area contributed by atoms with Crippen molar-refractivity contribution < 1.29 is 19.7 Å². The number of hydrogen-bond acceptors (Lipinski definition) is 6. The molecule has 0 spiro atoms. The van der Waals surface area contributed by atoms with Crippen molar-refractivity contribution in [3.05, 3.63) is 62.4 Å². The molecule has 8 heteroatoms. The molecule has 134 valence electrons. The van der Waals surface area contributed by atoms with E-state index in [0.29, 0.717) is 5.75 Å². The van der Waals surface area contributed by atoms with Crippen molar-refractivity contribution in [3.63, 3.8) is 0 Å². The summed E-state index contributed by atoms with van der Waals surface area (Å²) in [5, 5.41) is 19.0. The van der Waals surface area contributed by atoms with Gasteiger partial charge in [-0.15, -0.1) is 0 Å². The Kier molecular flexibility index (Phi) is 5.03. The molecule has 8 nitrogen and oxygen atoms in total. The number of rotatable bonds is 5. The first-order valence-electron chi connectivity index (χ1n) is 7.96. The minimum absolute atomic E-state index is 0.0165. The lowest BCUT2D eigenvalue weighted by atomic mass is 10.2. The number of ether oxygens (including phenoxy) is 2. The van der Waals surface area contributed by atoms with Crippen LogP contribution in [-0.4, -0.2) is 38.6 Å². The molecular formula is C17H20N2O6. The van der Waals surface area contributed by atoms with E-state index in [1.807, 2.05) is 19.1 Å². The van der Waals surface area contributed by atoms with Gasteiger partial charge in [-0.25, -0.2) is 4.79 Å². The molecule has 2 aromatic rings. The molecule has 1 saturated heterocycles. The largest absolute Gasteiger partial charge is 0.489 e. The highest BCUT2D eigenvalue weighted by atomic mass is 16.5. The predicted octanol–water partition coefficient (Wildman–Crippen LogP) is 0.0647. The van der Waals surface area contributed by atoms with Gasteiger partial charge in [-0.05, 0) is 19.1 Å². The second-order valence-electron chi connectivity index (χ2n) is 6.04. The maximum Gasteiger partial charge on any atom is 0.330 e. The summed E-state index contributed by atoms with van der Waals surface area (Å²) >= 11 is 0. The summed E-state index contributed by atoms with van der Waals surface area (Å²) in [6, 6.07) is 7.37. The van der Waals surface area contributed by atoms with Crippen LogP contribution in [0.4, 0.5) is 0 Å². The SMILES string of the molecule is Cc1ccc(OCc2cn([C@H]3C[C@H](O)[C@@H](CO)O3)c(=O)[nH]c2=O)cc1. The summed E-state index contributed by atoms with van der Waals surface area (Å²) in [4.78, 5) is 26.2. The molecule has 3 atom stereocenters. The second-order valence-corrected chi connectivity index (χ2v) is 6.04. The number of aliphatic hydroxyl groups excluding tert-OH is 2. The molecule has 0 saturated carbocycles. The van der Waals surface area contributed by atoms with Crippen LogP contribution in [0, 0.1) is 6.92 Å². The van der Waals surface area contributed by atoms with Gasteiger partial charge in [0.1, 0.15) is 24.7 Å². The Bertz CT molecular complexity index is 841. The van der Waals surface area contributed by atoms with Crippen LogP contribution in [0.1, 0.15) is 23.8 Å². The lowest BCUT2D eigenvalue weighted by Crippen LogP contribution is -2.34. The Morgan fingerprint density at radius 1 is 1.32 bits per heavy atom. The quantitative estimate of drug-likeness (QED) is 0.704. The predicted molar refractivity (Wildman–Crippen MR) is 88.5 cm³/mol. The fourth-order valence-corrected chi connectivity index (χ4v) is 2.69. The van der Waals surface area contributed by atoms with Gasteiger partial charge in [-0.3, -0.25) is 14.3 Å².